The van der Waals surface area contributed by atoms with Gasteiger partial charge >= 0.3 is 19.8 Å². The first-order valence-electron chi connectivity index (χ1n) is 22.4. The number of phosphoric ester groups is 1. The van der Waals surface area contributed by atoms with Crippen molar-refractivity contribution in [1.29, 1.82) is 0 Å². The number of unbranched alkanes of at least 4 members (excludes halogenated alkanes) is 13. The first kappa shape index (κ1) is 56.6. The minimum atomic E-state index is -4.70. The standard InChI is InChI=1S/C46H81O12P/c1-3-5-7-9-11-13-15-17-18-19-20-21-23-25-27-29-31-35-45(51)55-39-42(40-57-59(53,54)56-38-41(48)37-47)58-46(52)36-32-34-44(50)43(49)33-30-28-26-24-22-16-14-12-10-8-6-4-2/h11-14,17-18,22,24,28,30,41-44,47-50H,3-10,15-16,19-21,23,25-27,29,31-40H2,1-2H3,(H,53,54)/b13-11-,14-12-,18-17-,24-22-,30-28-/t41-,42+,43?,44?/m0/s1. The normalized spacial score (nSPS) is 15.4. The van der Waals surface area contributed by atoms with E-state index in [2.05, 4.69) is 67.0 Å². The number of phosphoric acid groups is 1. The van der Waals surface area contributed by atoms with Gasteiger partial charge in [-0.3, -0.25) is 18.6 Å². The average molecular weight is 857 g/mol. The highest BCUT2D eigenvalue weighted by molar-refractivity contribution is 7.47. The fraction of sp³-hybridized carbons (Fsp3) is 0.739. The summed E-state index contributed by atoms with van der Waals surface area (Å²) >= 11 is 0. The molecule has 0 saturated carbocycles. The fourth-order valence-electron chi connectivity index (χ4n) is 5.71. The molecule has 0 aliphatic rings. The van der Waals surface area contributed by atoms with Crippen molar-refractivity contribution in [3.63, 3.8) is 0 Å². The van der Waals surface area contributed by atoms with Gasteiger partial charge in [0.25, 0.3) is 0 Å². The van der Waals surface area contributed by atoms with E-state index in [1.165, 1.54) is 57.8 Å². The smallest absolute Gasteiger partial charge is 0.462 e. The van der Waals surface area contributed by atoms with Gasteiger partial charge in [-0.25, -0.2) is 4.57 Å². The Bertz CT molecular complexity index is 1200. The fourth-order valence-corrected chi connectivity index (χ4v) is 6.50. The molecule has 12 nitrogen and oxygen atoms in total. The largest absolute Gasteiger partial charge is 0.472 e. The Morgan fingerprint density at radius 2 is 1.03 bits per heavy atom. The molecule has 0 spiro atoms. The summed E-state index contributed by atoms with van der Waals surface area (Å²) in [5, 5.41) is 39.1. The predicted octanol–water partition coefficient (Wildman–Crippen LogP) is 9.83. The van der Waals surface area contributed by atoms with Gasteiger partial charge in [0.15, 0.2) is 6.10 Å². The van der Waals surface area contributed by atoms with E-state index in [9.17, 15) is 34.4 Å². The molecule has 59 heavy (non-hydrogen) atoms. The summed E-state index contributed by atoms with van der Waals surface area (Å²) in [7, 11) is -4.70. The van der Waals surface area contributed by atoms with Gasteiger partial charge in [-0.15, -0.1) is 0 Å². The number of hydrogen-bond acceptors (Lipinski definition) is 11. The van der Waals surface area contributed by atoms with Gasteiger partial charge in [0.1, 0.15) is 12.7 Å². The molecule has 0 aromatic carbocycles. The van der Waals surface area contributed by atoms with Gasteiger partial charge in [0.05, 0.1) is 32.0 Å². The molecule has 0 amide bonds. The molecule has 0 aliphatic carbocycles. The summed E-state index contributed by atoms with van der Waals surface area (Å²) < 4.78 is 32.5. The molecule has 13 heteroatoms. The Morgan fingerprint density at radius 3 is 1.59 bits per heavy atom. The van der Waals surface area contributed by atoms with Crippen LogP contribution in [-0.4, -0.2) is 88.1 Å². The number of esters is 2. The van der Waals surface area contributed by atoms with Crippen molar-refractivity contribution in [2.75, 3.05) is 26.4 Å². The van der Waals surface area contributed by atoms with Crippen LogP contribution in [0.25, 0.3) is 0 Å². The third-order valence-corrected chi connectivity index (χ3v) is 10.3. The van der Waals surface area contributed by atoms with Crippen molar-refractivity contribution in [3.8, 4) is 0 Å². The third-order valence-electron chi connectivity index (χ3n) is 9.35. The maximum atomic E-state index is 12.7. The highest BCUT2D eigenvalue weighted by atomic mass is 31.2. The van der Waals surface area contributed by atoms with Crippen LogP contribution in [0.15, 0.2) is 60.8 Å². The Kier molecular flexibility index (Phi) is 39.3. The van der Waals surface area contributed by atoms with Crippen LogP contribution in [0.1, 0.15) is 168 Å². The van der Waals surface area contributed by atoms with E-state index in [1.807, 2.05) is 12.2 Å². The van der Waals surface area contributed by atoms with Crippen molar-refractivity contribution in [2.45, 2.75) is 192 Å². The summed E-state index contributed by atoms with van der Waals surface area (Å²) in [4.78, 5) is 35.1. The van der Waals surface area contributed by atoms with Crippen LogP contribution in [0, 0.1) is 0 Å². The van der Waals surface area contributed by atoms with Crippen molar-refractivity contribution >= 4 is 19.8 Å². The SMILES string of the molecule is CCCCC/C=C\C/C=C\C/C=C\CC(O)C(O)CCCC(=O)O[C@H](COC(=O)CCCCCCCCC/C=C\C/C=C\CCCCC)COP(=O)(O)OC[C@@H](O)CO. The molecule has 5 atom stereocenters. The molecule has 0 bridgehead atoms. The van der Waals surface area contributed by atoms with Crippen LogP contribution >= 0.6 is 7.82 Å². The summed E-state index contributed by atoms with van der Waals surface area (Å²) in [6, 6.07) is 0. The number of ether oxygens (including phenoxy) is 2. The lowest BCUT2D eigenvalue weighted by atomic mass is 10.0. The van der Waals surface area contributed by atoms with Crippen LogP contribution in [-0.2, 0) is 32.7 Å². The summed E-state index contributed by atoms with van der Waals surface area (Å²) in [6.07, 6.45) is 37.7. The van der Waals surface area contributed by atoms with Crippen LogP contribution in [0.4, 0.5) is 0 Å². The van der Waals surface area contributed by atoms with Gasteiger partial charge in [0.2, 0.25) is 0 Å². The zero-order chi connectivity index (χ0) is 43.7. The number of rotatable bonds is 41. The molecular weight excluding hydrogens is 775 g/mol. The van der Waals surface area contributed by atoms with Gasteiger partial charge in [-0.2, -0.15) is 0 Å². The number of aliphatic hydroxyl groups excluding tert-OH is 4. The van der Waals surface area contributed by atoms with Crippen LogP contribution in [0.3, 0.4) is 0 Å². The molecular formula is C46H81O12P. The Labute approximate surface area is 356 Å². The highest BCUT2D eigenvalue weighted by Gasteiger charge is 2.27. The topological polar surface area (TPSA) is 189 Å². The number of hydrogen-bond donors (Lipinski definition) is 5. The average Bonchev–Trinajstić information content (AvgIpc) is 3.22. The number of allylic oxidation sites excluding steroid dienone is 9. The summed E-state index contributed by atoms with van der Waals surface area (Å²) in [5.41, 5.74) is 0. The lowest BCUT2D eigenvalue weighted by molar-refractivity contribution is -0.161. The Balaban J connectivity index is 4.54. The van der Waals surface area contributed by atoms with Gasteiger partial charge in [-0.05, 0) is 83.5 Å². The van der Waals surface area contributed by atoms with Crippen molar-refractivity contribution in [3.05, 3.63) is 60.8 Å². The van der Waals surface area contributed by atoms with E-state index in [4.69, 9.17) is 19.1 Å². The van der Waals surface area contributed by atoms with Gasteiger partial charge in [-0.1, -0.05) is 132 Å². The first-order chi connectivity index (χ1) is 28.5. The van der Waals surface area contributed by atoms with Crippen LogP contribution in [0.5, 0.6) is 0 Å². The second-order valence-electron chi connectivity index (χ2n) is 15.0. The molecule has 0 aliphatic heterocycles. The zero-order valence-corrected chi connectivity index (χ0v) is 37.3. The molecule has 342 valence electrons. The number of aliphatic hydroxyl groups is 4. The molecule has 5 N–H and O–H groups in total. The minimum absolute atomic E-state index is 0.131. The third kappa shape index (κ3) is 39.5. The maximum absolute atomic E-state index is 12.7. The summed E-state index contributed by atoms with van der Waals surface area (Å²) in [5.74, 6) is -1.22. The van der Waals surface area contributed by atoms with E-state index in [0.717, 1.165) is 57.8 Å². The monoisotopic (exact) mass is 857 g/mol. The molecule has 3 unspecified atom stereocenters. The molecule has 0 aromatic rings. The second-order valence-corrected chi connectivity index (χ2v) is 16.5. The number of carbonyl (C=O) groups excluding carboxylic acids is 2. The van der Waals surface area contributed by atoms with Gasteiger partial charge in [0, 0.05) is 12.8 Å². The lowest BCUT2D eigenvalue weighted by Crippen LogP contribution is -2.30. The first-order valence-corrected chi connectivity index (χ1v) is 23.9. The quantitative estimate of drug-likeness (QED) is 0.0170. The van der Waals surface area contributed by atoms with Crippen LogP contribution in [0.2, 0.25) is 0 Å². The predicted molar refractivity (Wildman–Crippen MR) is 236 cm³/mol. The molecule has 0 heterocycles. The summed E-state index contributed by atoms with van der Waals surface area (Å²) in [6.45, 7) is 1.98. The lowest BCUT2D eigenvalue weighted by Gasteiger charge is -2.20. The highest BCUT2D eigenvalue weighted by Crippen LogP contribution is 2.43. The van der Waals surface area contributed by atoms with E-state index < -0.39 is 70.6 Å². The number of carbonyl (C=O) groups is 2. The maximum Gasteiger partial charge on any atom is 0.472 e. The Morgan fingerprint density at radius 1 is 0.559 bits per heavy atom. The molecule has 0 saturated heterocycles. The zero-order valence-electron chi connectivity index (χ0n) is 36.4. The second kappa shape index (κ2) is 41.0. The van der Waals surface area contributed by atoms with Gasteiger partial charge < -0.3 is 34.8 Å². The molecule has 0 fully saturated rings. The van der Waals surface area contributed by atoms with E-state index in [0.29, 0.717) is 6.42 Å². The molecule has 0 aromatic heterocycles. The Hall–Kier alpha value is -2.41. The van der Waals surface area contributed by atoms with E-state index in [-0.39, 0.29) is 32.1 Å². The van der Waals surface area contributed by atoms with Crippen molar-refractivity contribution in [1.82, 2.24) is 0 Å². The van der Waals surface area contributed by atoms with Crippen LogP contribution < -0.4 is 0 Å². The molecule has 0 rings (SSSR count). The van der Waals surface area contributed by atoms with Crippen molar-refractivity contribution < 1.29 is 58.0 Å². The minimum Gasteiger partial charge on any atom is -0.462 e. The van der Waals surface area contributed by atoms with Crippen molar-refractivity contribution in [2.24, 2.45) is 0 Å². The molecule has 0 radical (unpaired) electrons. The van der Waals surface area contributed by atoms with E-state index >= 15 is 0 Å². The van der Waals surface area contributed by atoms with E-state index in [1.54, 1.807) is 0 Å².